The summed E-state index contributed by atoms with van der Waals surface area (Å²) in [6.07, 6.45) is 5.10. The zero-order valence-corrected chi connectivity index (χ0v) is 11.3. The minimum Gasteiger partial charge on any atom is -0.363 e. The number of aromatic nitrogens is 4. The zero-order chi connectivity index (χ0) is 13.0. The van der Waals surface area contributed by atoms with Crippen molar-refractivity contribution in [1.29, 1.82) is 0 Å². The summed E-state index contributed by atoms with van der Waals surface area (Å²) in [7, 11) is 0. The molecule has 0 aromatic carbocycles. The summed E-state index contributed by atoms with van der Waals surface area (Å²) in [6, 6.07) is 4.48. The van der Waals surface area contributed by atoms with Crippen LogP contribution in [0.25, 0.3) is 0 Å². The van der Waals surface area contributed by atoms with E-state index in [1.165, 1.54) is 0 Å². The highest BCUT2D eigenvalue weighted by Gasteiger charge is 2.04. The van der Waals surface area contributed by atoms with E-state index < -0.39 is 0 Å². The van der Waals surface area contributed by atoms with Crippen LogP contribution in [0.3, 0.4) is 0 Å². The van der Waals surface area contributed by atoms with Crippen molar-refractivity contribution in [3.63, 3.8) is 0 Å². The third kappa shape index (κ3) is 2.91. The van der Waals surface area contributed by atoms with Gasteiger partial charge in [-0.15, -0.1) is 0 Å². The first-order chi connectivity index (χ1) is 8.72. The molecule has 0 radical (unpaired) electrons. The fourth-order valence-electron chi connectivity index (χ4n) is 1.72. The Morgan fingerprint density at radius 3 is 2.72 bits per heavy atom. The van der Waals surface area contributed by atoms with Gasteiger partial charge in [0.25, 0.3) is 0 Å². The maximum atomic E-state index is 4.49. The molecule has 2 rings (SSSR count). The first-order valence-electron chi connectivity index (χ1n) is 6.54. The average Bonchev–Trinajstić information content (AvgIpc) is 3.04. The predicted octanol–water partition coefficient (Wildman–Crippen LogP) is 2.68. The van der Waals surface area contributed by atoms with Crippen LogP contribution in [0.1, 0.15) is 38.9 Å². The van der Waals surface area contributed by atoms with Crippen molar-refractivity contribution >= 4 is 5.82 Å². The van der Waals surface area contributed by atoms with Crippen molar-refractivity contribution in [2.75, 3.05) is 5.32 Å². The van der Waals surface area contributed by atoms with Crippen molar-refractivity contribution in [1.82, 2.24) is 19.6 Å². The lowest BCUT2D eigenvalue weighted by molar-refractivity contribution is 0.479. The smallest absolute Gasteiger partial charge is 0.148 e. The first-order valence-corrected chi connectivity index (χ1v) is 6.54. The number of nitrogens with zero attached hydrogens (tertiary/aromatic N) is 4. The van der Waals surface area contributed by atoms with E-state index in [1.807, 2.05) is 33.9 Å². The summed E-state index contributed by atoms with van der Waals surface area (Å²) in [4.78, 5) is 0. The van der Waals surface area contributed by atoms with Crippen LogP contribution in [0, 0.1) is 0 Å². The predicted molar refractivity (Wildman–Crippen MR) is 72.5 cm³/mol. The molecule has 0 fully saturated rings. The molecule has 0 bridgehead atoms. The summed E-state index contributed by atoms with van der Waals surface area (Å²) in [5.74, 6) is 0.904. The topological polar surface area (TPSA) is 47.7 Å². The molecule has 18 heavy (non-hydrogen) atoms. The molecular weight excluding hydrogens is 226 g/mol. The standard InChI is InChI=1S/C13H21N5/c1-4-11(3)18-9-7-13(16-18)14-10-12-6-8-17(5-2)15-12/h6-9,11H,4-5,10H2,1-3H3,(H,14,16)/t11-/m0/s1. The van der Waals surface area contributed by atoms with Gasteiger partial charge >= 0.3 is 0 Å². The molecule has 0 aliphatic rings. The number of aryl methyl sites for hydroxylation is 1. The number of hydrogen-bond acceptors (Lipinski definition) is 3. The monoisotopic (exact) mass is 247 g/mol. The molecule has 0 saturated carbocycles. The van der Waals surface area contributed by atoms with Crippen LogP contribution in [0.4, 0.5) is 5.82 Å². The van der Waals surface area contributed by atoms with Crippen LogP contribution in [0.5, 0.6) is 0 Å². The summed E-state index contributed by atoms with van der Waals surface area (Å²) in [5, 5.41) is 12.2. The van der Waals surface area contributed by atoms with Crippen molar-refractivity contribution in [3.8, 4) is 0 Å². The van der Waals surface area contributed by atoms with Crippen LogP contribution in [-0.2, 0) is 13.1 Å². The minimum absolute atomic E-state index is 0.444. The Balaban J connectivity index is 1.91. The number of hydrogen-bond donors (Lipinski definition) is 1. The first kappa shape index (κ1) is 12.7. The molecule has 1 atom stereocenters. The Morgan fingerprint density at radius 2 is 2.06 bits per heavy atom. The highest BCUT2D eigenvalue weighted by atomic mass is 15.3. The number of nitrogens with one attached hydrogen (secondary N) is 1. The van der Waals surface area contributed by atoms with Gasteiger partial charge in [0, 0.05) is 31.0 Å². The molecule has 0 amide bonds. The molecule has 5 heteroatoms. The second-order valence-electron chi connectivity index (χ2n) is 4.45. The van der Waals surface area contributed by atoms with Gasteiger partial charge in [0.05, 0.1) is 12.2 Å². The molecule has 0 aliphatic heterocycles. The van der Waals surface area contributed by atoms with E-state index in [1.54, 1.807) is 0 Å². The summed E-state index contributed by atoms with van der Waals surface area (Å²) in [5.41, 5.74) is 1.04. The zero-order valence-electron chi connectivity index (χ0n) is 11.3. The van der Waals surface area contributed by atoms with Crippen LogP contribution < -0.4 is 5.32 Å². The van der Waals surface area contributed by atoms with Gasteiger partial charge in [-0.05, 0) is 26.3 Å². The van der Waals surface area contributed by atoms with E-state index in [0.717, 1.165) is 24.5 Å². The molecule has 0 aliphatic carbocycles. The SMILES string of the molecule is CC[C@H](C)n1ccc(NCc2ccn(CC)n2)n1. The quantitative estimate of drug-likeness (QED) is 0.853. The van der Waals surface area contributed by atoms with E-state index in [2.05, 4.69) is 36.3 Å². The largest absolute Gasteiger partial charge is 0.363 e. The van der Waals surface area contributed by atoms with E-state index in [4.69, 9.17) is 0 Å². The molecule has 0 saturated heterocycles. The van der Waals surface area contributed by atoms with E-state index >= 15 is 0 Å². The van der Waals surface area contributed by atoms with Crippen molar-refractivity contribution in [2.24, 2.45) is 0 Å². The van der Waals surface area contributed by atoms with Crippen LogP contribution >= 0.6 is 0 Å². The second kappa shape index (κ2) is 5.71. The summed E-state index contributed by atoms with van der Waals surface area (Å²) in [6.45, 7) is 8.03. The van der Waals surface area contributed by atoms with E-state index in [0.29, 0.717) is 12.6 Å². The Bertz CT molecular complexity index is 485. The van der Waals surface area contributed by atoms with Gasteiger partial charge in [-0.25, -0.2) is 0 Å². The lowest BCUT2D eigenvalue weighted by atomic mass is 10.3. The van der Waals surface area contributed by atoms with Gasteiger partial charge in [0.2, 0.25) is 0 Å². The Morgan fingerprint density at radius 1 is 1.22 bits per heavy atom. The maximum absolute atomic E-state index is 4.49. The lowest BCUT2D eigenvalue weighted by Crippen LogP contribution is -2.06. The number of anilines is 1. The fraction of sp³-hybridized carbons (Fsp3) is 0.538. The maximum Gasteiger partial charge on any atom is 0.148 e. The third-order valence-corrected chi connectivity index (χ3v) is 3.12. The Kier molecular flexibility index (Phi) is 4.02. The highest BCUT2D eigenvalue weighted by molar-refractivity contribution is 5.32. The Hall–Kier alpha value is -1.78. The molecule has 2 aromatic heterocycles. The molecule has 0 spiro atoms. The second-order valence-corrected chi connectivity index (χ2v) is 4.45. The van der Waals surface area contributed by atoms with Crippen molar-refractivity contribution in [2.45, 2.75) is 46.3 Å². The van der Waals surface area contributed by atoms with Crippen LogP contribution in [-0.4, -0.2) is 19.6 Å². The van der Waals surface area contributed by atoms with E-state index in [9.17, 15) is 0 Å². The fourth-order valence-corrected chi connectivity index (χ4v) is 1.72. The third-order valence-electron chi connectivity index (χ3n) is 3.12. The van der Waals surface area contributed by atoms with Gasteiger partial charge in [0.1, 0.15) is 5.82 Å². The van der Waals surface area contributed by atoms with Gasteiger partial charge in [-0.1, -0.05) is 6.92 Å². The van der Waals surface area contributed by atoms with Gasteiger partial charge in [-0.3, -0.25) is 9.36 Å². The van der Waals surface area contributed by atoms with Gasteiger partial charge in [0.15, 0.2) is 0 Å². The minimum atomic E-state index is 0.444. The van der Waals surface area contributed by atoms with Crippen LogP contribution in [0.15, 0.2) is 24.5 Å². The normalized spacial score (nSPS) is 12.6. The number of rotatable bonds is 6. The molecule has 2 heterocycles. The van der Waals surface area contributed by atoms with E-state index in [-0.39, 0.29) is 0 Å². The molecule has 2 aromatic rings. The van der Waals surface area contributed by atoms with Crippen molar-refractivity contribution < 1.29 is 0 Å². The van der Waals surface area contributed by atoms with Gasteiger partial charge < -0.3 is 5.32 Å². The summed E-state index contributed by atoms with van der Waals surface area (Å²) < 4.78 is 3.92. The lowest BCUT2D eigenvalue weighted by Gasteiger charge is -2.08. The Labute approximate surface area is 108 Å². The summed E-state index contributed by atoms with van der Waals surface area (Å²) >= 11 is 0. The average molecular weight is 247 g/mol. The van der Waals surface area contributed by atoms with Crippen molar-refractivity contribution in [3.05, 3.63) is 30.2 Å². The molecule has 0 unspecified atom stereocenters. The van der Waals surface area contributed by atoms with Gasteiger partial charge in [-0.2, -0.15) is 10.2 Å². The van der Waals surface area contributed by atoms with Crippen LogP contribution in [0.2, 0.25) is 0 Å². The highest BCUT2D eigenvalue weighted by Crippen LogP contribution is 2.12. The molecule has 1 N–H and O–H groups in total. The molecular formula is C13H21N5. The molecule has 5 nitrogen and oxygen atoms in total. The molecule has 98 valence electrons.